The van der Waals surface area contributed by atoms with Crippen LogP contribution in [0.1, 0.15) is 5.69 Å². The van der Waals surface area contributed by atoms with Gasteiger partial charge in [-0.15, -0.1) is 5.10 Å². The van der Waals surface area contributed by atoms with Crippen molar-refractivity contribution in [2.75, 3.05) is 0 Å². The van der Waals surface area contributed by atoms with E-state index in [1.807, 2.05) is 6.07 Å². The van der Waals surface area contributed by atoms with E-state index >= 15 is 0 Å². The zero-order valence-electron chi connectivity index (χ0n) is 7.69. The van der Waals surface area contributed by atoms with E-state index < -0.39 is 0 Å². The number of nitriles is 1. The summed E-state index contributed by atoms with van der Waals surface area (Å²) in [5, 5.41) is 20.6. The van der Waals surface area contributed by atoms with Gasteiger partial charge in [-0.25, -0.2) is 14.6 Å². The minimum Gasteiger partial charge on any atom is -0.231 e. The van der Waals surface area contributed by atoms with Crippen LogP contribution in [-0.4, -0.2) is 30.2 Å². The molecule has 0 N–H and O–H groups in total. The minimum absolute atomic E-state index is 0.322. The van der Waals surface area contributed by atoms with Crippen molar-refractivity contribution in [1.82, 2.24) is 30.2 Å². The lowest BCUT2D eigenvalue weighted by atomic mass is 10.5. The molecule has 0 fully saturated rings. The first kappa shape index (κ1) is 9.54. The number of nitrogens with zero attached hydrogens (tertiary/aromatic N) is 7. The van der Waals surface area contributed by atoms with Gasteiger partial charge in [0.1, 0.15) is 11.8 Å². The van der Waals surface area contributed by atoms with Gasteiger partial charge in [-0.05, 0) is 28.3 Å². The van der Waals surface area contributed by atoms with Crippen LogP contribution < -0.4 is 0 Å². The second-order valence-corrected chi connectivity index (χ2v) is 3.46. The highest BCUT2D eigenvalue weighted by Crippen LogP contribution is 2.20. The van der Waals surface area contributed by atoms with Crippen LogP contribution in [0.3, 0.4) is 0 Å². The normalized spacial score (nSPS) is 9.87. The highest BCUT2D eigenvalue weighted by Gasteiger charge is 2.07. The van der Waals surface area contributed by atoms with Gasteiger partial charge < -0.3 is 0 Å². The molecule has 0 aromatic carbocycles. The van der Waals surface area contributed by atoms with Gasteiger partial charge in [0.25, 0.3) is 0 Å². The summed E-state index contributed by atoms with van der Waals surface area (Å²) in [4.78, 5) is 7.98. The molecule has 2 heterocycles. The summed E-state index contributed by atoms with van der Waals surface area (Å²) in [6.45, 7) is 0. The zero-order chi connectivity index (χ0) is 10.7. The smallest absolute Gasteiger partial charge is 0.216 e. The predicted molar refractivity (Wildman–Crippen MR) is 49.7 cm³/mol. The van der Waals surface area contributed by atoms with Crippen molar-refractivity contribution in [2.24, 2.45) is 7.05 Å². The molecule has 0 amide bonds. The van der Waals surface area contributed by atoms with Gasteiger partial charge in [-0.2, -0.15) is 5.26 Å². The lowest BCUT2D eigenvalue weighted by Gasteiger charge is -1.96. The van der Waals surface area contributed by atoms with E-state index in [-0.39, 0.29) is 0 Å². The van der Waals surface area contributed by atoms with E-state index in [1.165, 1.54) is 22.6 Å². The molecular formula is C7H5N7S. The molecule has 0 atom stereocenters. The predicted octanol–water partition coefficient (Wildman–Crippen LogP) is 0.0230. The molecule has 0 aliphatic carbocycles. The Kier molecular flexibility index (Phi) is 2.55. The summed E-state index contributed by atoms with van der Waals surface area (Å²) in [6, 6.07) is 3.48. The Morgan fingerprint density at radius 1 is 1.53 bits per heavy atom. The summed E-state index contributed by atoms with van der Waals surface area (Å²) in [5.41, 5.74) is 0.322. The molecule has 2 aromatic rings. The van der Waals surface area contributed by atoms with Crippen molar-refractivity contribution in [2.45, 2.75) is 10.3 Å². The van der Waals surface area contributed by atoms with Crippen molar-refractivity contribution in [3.05, 3.63) is 18.0 Å². The van der Waals surface area contributed by atoms with Crippen LogP contribution in [-0.2, 0) is 7.05 Å². The summed E-state index contributed by atoms with van der Waals surface area (Å²) in [5.74, 6) is 0. The van der Waals surface area contributed by atoms with Crippen molar-refractivity contribution in [3.8, 4) is 6.07 Å². The van der Waals surface area contributed by atoms with Gasteiger partial charge in [0.05, 0.1) is 0 Å². The Balaban J connectivity index is 2.25. The zero-order valence-corrected chi connectivity index (χ0v) is 8.51. The first-order valence-electron chi connectivity index (χ1n) is 3.93. The van der Waals surface area contributed by atoms with Crippen molar-refractivity contribution < 1.29 is 0 Å². The number of hydrogen-bond acceptors (Lipinski definition) is 7. The van der Waals surface area contributed by atoms with Crippen LogP contribution in [0.4, 0.5) is 0 Å². The maximum Gasteiger partial charge on any atom is 0.216 e. The van der Waals surface area contributed by atoms with E-state index in [0.29, 0.717) is 16.0 Å². The third-order valence-corrected chi connectivity index (χ3v) is 2.42. The fourth-order valence-corrected chi connectivity index (χ4v) is 1.51. The van der Waals surface area contributed by atoms with Gasteiger partial charge in [0, 0.05) is 13.2 Å². The van der Waals surface area contributed by atoms with Crippen LogP contribution in [0.25, 0.3) is 0 Å². The molecule has 0 bridgehead atoms. The van der Waals surface area contributed by atoms with Crippen LogP contribution >= 0.6 is 11.8 Å². The number of tetrazole rings is 1. The Bertz CT molecular complexity index is 514. The molecule has 2 aromatic heterocycles. The Hall–Kier alpha value is -2.01. The fourth-order valence-electron chi connectivity index (χ4n) is 0.842. The quantitative estimate of drug-likeness (QED) is 0.657. The van der Waals surface area contributed by atoms with Crippen LogP contribution in [0.2, 0.25) is 0 Å². The molecule has 0 saturated carbocycles. The van der Waals surface area contributed by atoms with Gasteiger partial charge in [0.15, 0.2) is 5.16 Å². The molecule has 0 unspecified atom stereocenters. The summed E-state index contributed by atoms with van der Waals surface area (Å²) in [6.07, 6.45) is 1.53. The standard InChI is InChI=1S/C7H5N7S/c1-14-7(11-12-13-14)15-6-9-3-2-5(4-8)10-6/h2-3H,1H3. The minimum atomic E-state index is 0.322. The molecule has 15 heavy (non-hydrogen) atoms. The third kappa shape index (κ3) is 2.08. The molecule has 2 rings (SSSR count). The third-order valence-electron chi connectivity index (χ3n) is 1.51. The average Bonchev–Trinajstić information content (AvgIpc) is 2.65. The fraction of sp³-hybridized carbons (Fsp3) is 0.143. The van der Waals surface area contributed by atoms with E-state index in [0.717, 1.165) is 0 Å². The van der Waals surface area contributed by atoms with Gasteiger partial charge in [-0.1, -0.05) is 0 Å². The SMILES string of the molecule is Cn1nnnc1Sc1nccc(C#N)n1. The van der Waals surface area contributed by atoms with E-state index in [9.17, 15) is 0 Å². The highest BCUT2D eigenvalue weighted by molar-refractivity contribution is 7.99. The average molecular weight is 219 g/mol. The van der Waals surface area contributed by atoms with Crippen LogP contribution in [0, 0.1) is 11.3 Å². The number of hydrogen-bond donors (Lipinski definition) is 0. The van der Waals surface area contributed by atoms with Crippen LogP contribution in [0.5, 0.6) is 0 Å². The molecule has 0 saturated heterocycles. The Morgan fingerprint density at radius 2 is 2.40 bits per heavy atom. The second-order valence-electron chi connectivity index (χ2n) is 2.52. The van der Waals surface area contributed by atoms with Gasteiger partial charge in [-0.3, -0.25) is 0 Å². The number of aromatic nitrogens is 6. The van der Waals surface area contributed by atoms with Crippen LogP contribution in [0.15, 0.2) is 22.6 Å². The first-order chi connectivity index (χ1) is 7.29. The summed E-state index contributed by atoms with van der Waals surface area (Å²) < 4.78 is 1.51. The molecule has 74 valence electrons. The Morgan fingerprint density at radius 3 is 3.07 bits per heavy atom. The van der Waals surface area contributed by atoms with Crippen molar-refractivity contribution in [1.29, 1.82) is 5.26 Å². The molecule has 0 spiro atoms. The molecule has 8 heteroatoms. The second kappa shape index (κ2) is 4.02. The van der Waals surface area contributed by atoms with Crippen molar-refractivity contribution in [3.63, 3.8) is 0 Å². The maximum absolute atomic E-state index is 8.65. The van der Waals surface area contributed by atoms with Crippen molar-refractivity contribution >= 4 is 11.8 Å². The summed E-state index contributed by atoms with van der Waals surface area (Å²) >= 11 is 1.20. The Labute approximate surface area is 89.2 Å². The van der Waals surface area contributed by atoms with E-state index in [4.69, 9.17) is 5.26 Å². The number of aryl methyl sites for hydroxylation is 1. The van der Waals surface area contributed by atoms with E-state index in [2.05, 4.69) is 25.5 Å². The van der Waals surface area contributed by atoms with Gasteiger partial charge >= 0.3 is 0 Å². The molecule has 0 aliphatic heterocycles. The van der Waals surface area contributed by atoms with E-state index in [1.54, 1.807) is 13.1 Å². The molecule has 0 radical (unpaired) electrons. The highest BCUT2D eigenvalue weighted by atomic mass is 32.2. The molecule has 7 nitrogen and oxygen atoms in total. The topological polar surface area (TPSA) is 93.2 Å². The van der Waals surface area contributed by atoms with Gasteiger partial charge in [0.2, 0.25) is 5.16 Å². The molecule has 0 aliphatic rings. The maximum atomic E-state index is 8.65. The first-order valence-corrected chi connectivity index (χ1v) is 4.74. The number of rotatable bonds is 2. The monoisotopic (exact) mass is 219 g/mol. The summed E-state index contributed by atoms with van der Waals surface area (Å²) in [7, 11) is 1.72. The molecular weight excluding hydrogens is 214 g/mol. The largest absolute Gasteiger partial charge is 0.231 e. The lowest BCUT2D eigenvalue weighted by molar-refractivity contribution is 0.663. The lowest BCUT2D eigenvalue weighted by Crippen LogP contribution is -1.95.